The molecular formula is C35H39N5O7. The number of aliphatic hydroxyl groups excluding tert-OH is 2. The molecule has 2 aromatic heterocycles. The third-order valence-electron chi connectivity index (χ3n) is 9.07. The second-order valence-corrected chi connectivity index (χ2v) is 12.1. The summed E-state index contributed by atoms with van der Waals surface area (Å²) in [5.74, 6) is -0.241. The Morgan fingerprint density at radius 3 is 1.91 bits per heavy atom. The molecule has 0 amide bonds. The minimum absolute atomic E-state index is 0.0378. The number of H-pyrrole nitrogens is 1. The van der Waals surface area contributed by atoms with Crippen LogP contribution in [0, 0.1) is 5.92 Å². The van der Waals surface area contributed by atoms with Crippen LogP contribution in [0.4, 0.5) is 5.95 Å². The van der Waals surface area contributed by atoms with E-state index in [9.17, 15) is 20.1 Å². The number of rotatable bonds is 11. The van der Waals surface area contributed by atoms with Crippen molar-refractivity contribution < 1.29 is 29.7 Å². The second kappa shape index (κ2) is 12.6. The van der Waals surface area contributed by atoms with Gasteiger partial charge in [-0.3, -0.25) is 14.3 Å². The Balaban J connectivity index is 1.81. The molecule has 47 heavy (non-hydrogen) atoms. The molecule has 0 aliphatic carbocycles. The summed E-state index contributed by atoms with van der Waals surface area (Å²) in [6, 6.07) is 28.3. The Kier molecular flexibility index (Phi) is 8.74. The van der Waals surface area contributed by atoms with Gasteiger partial charge in [-0.15, -0.1) is 0 Å². The minimum atomic E-state index is -2.29. The summed E-state index contributed by atoms with van der Waals surface area (Å²) in [6.07, 6.45) is -1.42. The van der Waals surface area contributed by atoms with Crippen molar-refractivity contribution in [2.45, 2.75) is 49.2 Å². The highest BCUT2D eigenvalue weighted by Crippen LogP contribution is 2.61. The van der Waals surface area contributed by atoms with Crippen LogP contribution < -0.4 is 10.8 Å². The second-order valence-electron chi connectivity index (χ2n) is 12.1. The van der Waals surface area contributed by atoms with Crippen molar-refractivity contribution in [3.8, 4) is 0 Å². The van der Waals surface area contributed by atoms with E-state index < -0.39 is 41.1 Å². The largest absolute Gasteiger partial charge is 0.394 e. The fourth-order valence-corrected chi connectivity index (χ4v) is 7.37. The summed E-state index contributed by atoms with van der Waals surface area (Å²) in [4.78, 5) is 35.6. The summed E-state index contributed by atoms with van der Waals surface area (Å²) in [7, 11) is 2.69. The quantitative estimate of drug-likeness (QED) is 0.125. The van der Waals surface area contributed by atoms with E-state index in [1.54, 1.807) is 0 Å². The molecule has 5 aromatic rings. The van der Waals surface area contributed by atoms with Crippen molar-refractivity contribution in [2.24, 2.45) is 5.92 Å². The number of hydrogen-bond acceptors (Lipinski definition) is 10. The molecule has 0 unspecified atom stereocenters. The number of aromatic nitrogens is 4. The average molecular weight is 642 g/mol. The molecule has 0 saturated carbocycles. The van der Waals surface area contributed by atoms with Gasteiger partial charge in [0.25, 0.3) is 11.5 Å². The number of imidazole rings is 1. The highest BCUT2D eigenvalue weighted by atomic mass is 16.9. The number of hydrogen-bond donors (Lipinski definition) is 4. The molecule has 4 N–H and O–H groups in total. The molecule has 12 heteroatoms. The molecule has 1 aliphatic heterocycles. The molecular weight excluding hydrogens is 602 g/mol. The van der Waals surface area contributed by atoms with Crippen LogP contribution in [0.5, 0.6) is 0 Å². The molecule has 3 heterocycles. The van der Waals surface area contributed by atoms with E-state index in [-0.39, 0.29) is 29.5 Å². The number of nitrogens with one attached hydrogen (secondary N) is 1. The lowest BCUT2D eigenvalue weighted by Gasteiger charge is -2.55. The number of ether oxygens (including phenoxy) is 1. The highest BCUT2D eigenvalue weighted by Gasteiger charge is 2.75. The van der Waals surface area contributed by atoms with E-state index in [0.29, 0.717) is 16.7 Å². The average Bonchev–Trinajstić information content (AvgIpc) is 3.62. The molecule has 1 saturated heterocycles. The lowest BCUT2D eigenvalue weighted by molar-refractivity contribution is -0.221. The zero-order valence-electron chi connectivity index (χ0n) is 26.6. The maximum atomic E-state index is 14.1. The number of nitrogens with zero attached hydrogens (tertiary/aromatic N) is 4. The van der Waals surface area contributed by atoms with Gasteiger partial charge in [0.05, 0.1) is 32.6 Å². The topological polar surface area (TPSA) is 155 Å². The molecule has 12 nitrogen and oxygen atoms in total. The zero-order valence-corrected chi connectivity index (χ0v) is 26.6. The normalized spacial score (nSPS) is 23.1. The lowest BCUT2D eigenvalue weighted by atomic mass is 9.53. The molecule has 0 radical (unpaired) electrons. The van der Waals surface area contributed by atoms with Gasteiger partial charge in [-0.1, -0.05) is 110 Å². The Labute approximate surface area is 271 Å². The third-order valence-corrected chi connectivity index (χ3v) is 9.07. The predicted molar refractivity (Wildman–Crippen MR) is 174 cm³/mol. The van der Waals surface area contributed by atoms with Crippen LogP contribution in [0.1, 0.15) is 37.0 Å². The maximum absolute atomic E-state index is 14.1. The van der Waals surface area contributed by atoms with Gasteiger partial charge in [-0.05, 0) is 22.6 Å². The first-order valence-electron chi connectivity index (χ1n) is 15.4. The first kappa shape index (κ1) is 32.5. The Morgan fingerprint density at radius 1 is 0.957 bits per heavy atom. The molecule has 1 aliphatic rings. The molecule has 4 atom stereocenters. The van der Waals surface area contributed by atoms with E-state index in [1.165, 1.54) is 25.1 Å². The molecule has 3 aromatic carbocycles. The fourth-order valence-electron chi connectivity index (χ4n) is 7.37. The zero-order chi connectivity index (χ0) is 33.4. The van der Waals surface area contributed by atoms with Gasteiger partial charge >= 0.3 is 0 Å². The van der Waals surface area contributed by atoms with Crippen LogP contribution in [0.15, 0.2) is 102 Å². The monoisotopic (exact) mass is 641 g/mol. The summed E-state index contributed by atoms with van der Waals surface area (Å²) in [5.41, 5.74) is -4.31. The van der Waals surface area contributed by atoms with E-state index >= 15 is 0 Å². The number of fused-ring (bicyclic) bond motifs is 1. The maximum Gasteiger partial charge on any atom is 0.280 e. The van der Waals surface area contributed by atoms with Crippen LogP contribution in [-0.4, -0.2) is 73.5 Å². The van der Waals surface area contributed by atoms with Crippen LogP contribution in [-0.2, 0) is 25.6 Å². The van der Waals surface area contributed by atoms with Crippen LogP contribution in [0.3, 0.4) is 0 Å². The van der Waals surface area contributed by atoms with E-state index in [1.807, 2.05) is 105 Å². The molecule has 6 rings (SSSR count). The van der Waals surface area contributed by atoms with Gasteiger partial charge in [0.1, 0.15) is 12.2 Å². The van der Waals surface area contributed by atoms with Crippen molar-refractivity contribution >= 4 is 17.1 Å². The summed E-state index contributed by atoms with van der Waals surface area (Å²) < 4.78 is 8.30. The van der Waals surface area contributed by atoms with Crippen LogP contribution >= 0.6 is 0 Å². The Morgan fingerprint density at radius 2 is 1.47 bits per heavy atom. The van der Waals surface area contributed by atoms with Crippen molar-refractivity contribution in [1.82, 2.24) is 19.5 Å². The summed E-state index contributed by atoms with van der Waals surface area (Å²) in [5, 5.41) is 38.2. The van der Waals surface area contributed by atoms with E-state index in [4.69, 9.17) is 14.4 Å². The van der Waals surface area contributed by atoms with Gasteiger partial charge in [-0.25, -0.2) is 14.7 Å². The van der Waals surface area contributed by atoms with Gasteiger partial charge in [0.15, 0.2) is 22.5 Å². The van der Waals surface area contributed by atoms with Crippen molar-refractivity contribution in [3.63, 3.8) is 0 Å². The van der Waals surface area contributed by atoms with E-state index in [0.717, 1.165) is 5.23 Å². The summed E-state index contributed by atoms with van der Waals surface area (Å²) in [6.45, 7) is 3.31. The first-order valence-corrected chi connectivity index (χ1v) is 15.4. The van der Waals surface area contributed by atoms with Gasteiger partial charge in [0, 0.05) is 6.42 Å². The highest BCUT2D eigenvalue weighted by molar-refractivity contribution is 5.71. The number of aromatic amines is 1. The standard InChI is InChI=1S/C35H39N5O7/c1-23(2)20-33(39-22-36-28-30(39)37-32(38-31(28)43)40(45-3)46-4)35(44,29(42)27(21-41)47-33)34(24-14-8-5-9-15-24,25-16-10-6-11-17-25)26-18-12-7-13-19-26/h5-19,22-23,27,29,41-42,44H,20-21H2,1-4H3,(H,37,38,43)/t27-,29-,33-,35-/m1/s1. The SMILES string of the molecule is CON(OC)c1nc2c(ncn2[C@]2(CC(C)C)O[C@H](CO)[C@@H](O)[C@]2(O)C(c2ccccc2)(c2ccccc2)c2ccccc2)c(=O)[nH]1. The smallest absolute Gasteiger partial charge is 0.280 e. The Bertz CT molecular complexity index is 1770. The van der Waals surface area contributed by atoms with Gasteiger partial charge < -0.3 is 20.1 Å². The number of anilines is 1. The lowest BCUT2D eigenvalue weighted by Crippen LogP contribution is -2.70. The van der Waals surface area contributed by atoms with Crippen molar-refractivity contribution in [2.75, 3.05) is 26.1 Å². The molecule has 0 bridgehead atoms. The predicted octanol–water partition coefficient (Wildman–Crippen LogP) is 3.27. The van der Waals surface area contributed by atoms with Gasteiger partial charge in [0.2, 0.25) is 0 Å². The van der Waals surface area contributed by atoms with Gasteiger partial charge in [-0.2, -0.15) is 4.98 Å². The van der Waals surface area contributed by atoms with Crippen LogP contribution in [0.25, 0.3) is 11.2 Å². The van der Waals surface area contributed by atoms with Crippen molar-refractivity contribution in [1.29, 1.82) is 0 Å². The molecule has 246 valence electrons. The first-order chi connectivity index (χ1) is 22.7. The minimum Gasteiger partial charge on any atom is -0.394 e. The number of aliphatic hydroxyl groups is 3. The van der Waals surface area contributed by atoms with Crippen LogP contribution in [0.2, 0.25) is 0 Å². The Hall–Kier alpha value is -4.43. The summed E-state index contributed by atoms with van der Waals surface area (Å²) >= 11 is 0. The molecule has 0 spiro atoms. The van der Waals surface area contributed by atoms with E-state index in [2.05, 4.69) is 15.0 Å². The fraction of sp³-hybridized carbons (Fsp3) is 0.343. The van der Waals surface area contributed by atoms with Crippen molar-refractivity contribution in [3.05, 3.63) is 124 Å². The third kappa shape index (κ3) is 4.79. The molecule has 1 fully saturated rings. The number of benzene rings is 3.